The Morgan fingerprint density at radius 1 is 1.29 bits per heavy atom. The topological polar surface area (TPSA) is 45.7 Å². The number of methoxy groups -OCH3 is 1. The first-order chi connectivity index (χ1) is 8.26. The van der Waals surface area contributed by atoms with E-state index in [2.05, 4.69) is 15.6 Å². The van der Waals surface area contributed by atoms with Crippen molar-refractivity contribution in [2.45, 2.75) is 6.54 Å². The number of hydrogen-bond donors (Lipinski definition) is 2. The maximum atomic E-state index is 12.7. The van der Waals surface area contributed by atoms with Gasteiger partial charge in [-0.1, -0.05) is 12.1 Å². The van der Waals surface area contributed by atoms with E-state index in [-0.39, 0.29) is 5.82 Å². The van der Waals surface area contributed by atoms with E-state index in [1.807, 2.05) is 0 Å². The summed E-state index contributed by atoms with van der Waals surface area (Å²) in [4.78, 5) is 4.06. The van der Waals surface area contributed by atoms with Gasteiger partial charge in [0.05, 0.1) is 6.61 Å². The molecule has 1 rings (SSSR count). The van der Waals surface area contributed by atoms with Gasteiger partial charge in [0.1, 0.15) is 5.82 Å². The molecule has 0 spiro atoms. The van der Waals surface area contributed by atoms with Gasteiger partial charge in [-0.25, -0.2) is 4.39 Å². The third-order valence-corrected chi connectivity index (χ3v) is 2.20. The Kier molecular flexibility index (Phi) is 6.03. The number of aliphatic imine (C=N–C) groups is 1. The smallest absolute Gasteiger partial charge is 0.191 e. The summed E-state index contributed by atoms with van der Waals surface area (Å²) < 4.78 is 17.6. The van der Waals surface area contributed by atoms with Gasteiger partial charge in [-0.05, 0) is 17.7 Å². The Balaban J connectivity index is 2.35. The number of ether oxygens (including phenoxy) is 1. The summed E-state index contributed by atoms with van der Waals surface area (Å²) in [7, 11) is 3.35. The van der Waals surface area contributed by atoms with Crippen molar-refractivity contribution in [3.63, 3.8) is 0 Å². The standard InChI is InChI=1S/C12H18FN3O/c1-14-12(15-7-8-17-2)16-9-10-3-5-11(13)6-4-10/h3-6H,7-9H2,1-2H3,(H2,14,15,16). The zero-order chi connectivity index (χ0) is 12.5. The number of hydrogen-bond acceptors (Lipinski definition) is 2. The molecule has 2 N–H and O–H groups in total. The van der Waals surface area contributed by atoms with E-state index >= 15 is 0 Å². The molecule has 4 nitrogen and oxygen atoms in total. The van der Waals surface area contributed by atoms with Crippen molar-refractivity contribution >= 4 is 5.96 Å². The molecule has 0 atom stereocenters. The lowest BCUT2D eigenvalue weighted by molar-refractivity contribution is 0.203. The second kappa shape index (κ2) is 7.62. The van der Waals surface area contributed by atoms with E-state index in [1.165, 1.54) is 12.1 Å². The van der Waals surface area contributed by atoms with E-state index in [9.17, 15) is 4.39 Å². The van der Waals surface area contributed by atoms with Gasteiger partial charge in [-0.15, -0.1) is 0 Å². The molecule has 0 radical (unpaired) electrons. The number of nitrogens with one attached hydrogen (secondary N) is 2. The van der Waals surface area contributed by atoms with Crippen LogP contribution in [0.1, 0.15) is 5.56 Å². The lowest BCUT2D eigenvalue weighted by Gasteiger charge is -2.11. The maximum absolute atomic E-state index is 12.7. The molecule has 0 aromatic heterocycles. The summed E-state index contributed by atoms with van der Waals surface area (Å²) in [6.45, 7) is 1.92. The van der Waals surface area contributed by atoms with Crippen LogP contribution in [0.15, 0.2) is 29.3 Å². The molecule has 0 fully saturated rings. The zero-order valence-electron chi connectivity index (χ0n) is 10.2. The summed E-state index contributed by atoms with van der Waals surface area (Å²) >= 11 is 0. The van der Waals surface area contributed by atoms with Crippen molar-refractivity contribution in [1.29, 1.82) is 0 Å². The van der Waals surface area contributed by atoms with Gasteiger partial charge in [-0.2, -0.15) is 0 Å². The Morgan fingerprint density at radius 3 is 2.59 bits per heavy atom. The second-order valence-corrected chi connectivity index (χ2v) is 3.47. The van der Waals surface area contributed by atoms with Crippen molar-refractivity contribution in [3.8, 4) is 0 Å². The van der Waals surface area contributed by atoms with Crippen LogP contribution in [0.4, 0.5) is 4.39 Å². The minimum atomic E-state index is -0.226. The second-order valence-electron chi connectivity index (χ2n) is 3.47. The Hall–Kier alpha value is -1.62. The highest BCUT2D eigenvalue weighted by Gasteiger charge is 1.97. The number of halogens is 1. The first-order valence-corrected chi connectivity index (χ1v) is 5.44. The van der Waals surface area contributed by atoms with Crippen LogP contribution in [0.25, 0.3) is 0 Å². The third kappa shape index (κ3) is 5.31. The van der Waals surface area contributed by atoms with E-state index in [0.717, 1.165) is 5.56 Å². The molecule has 0 aliphatic carbocycles. The maximum Gasteiger partial charge on any atom is 0.191 e. The predicted molar refractivity (Wildman–Crippen MR) is 66.5 cm³/mol. The Morgan fingerprint density at radius 2 is 2.00 bits per heavy atom. The van der Waals surface area contributed by atoms with Crippen molar-refractivity contribution in [1.82, 2.24) is 10.6 Å². The van der Waals surface area contributed by atoms with Crippen LogP contribution in [0.5, 0.6) is 0 Å². The highest BCUT2D eigenvalue weighted by atomic mass is 19.1. The molecule has 1 aromatic carbocycles. The van der Waals surface area contributed by atoms with Gasteiger partial charge in [-0.3, -0.25) is 4.99 Å². The fraction of sp³-hybridized carbons (Fsp3) is 0.417. The molecular formula is C12H18FN3O. The first kappa shape index (κ1) is 13.4. The van der Waals surface area contributed by atoms with Crippen molar-refractivity contribution in [2.24, 2.45) is 4.99 Å². The van der Waals surface area contributed by atoms with Crippen LogP contribution in [0, 0.1) is 5.82 Å². The Bertz CT molecular complexity index is 351. The van der Waals surface area contributed by atoms with Crippen molar-refractivity contribution < 1.29 is 9.13 Å². The van der Waals surface area contributed by atoms with Crippen LogP contribution >= 0.6 is 0 Å². The molecule has 0 unspecified atom stereocenters. The SMILES string of the molecule is CN=C(NCCOC)NCc1ccc(F)cc1. The quantitative estimate of drug-likeness (QED) is 0.460. The summed E-state index contributed by atoms with van der Waals surface area (Å²) in [5.74, 6) is 0.475. The first-order valence-electron chi connectivity index (χ1n) is 5.44. The molecule has 0 saturated heterocycles. The molecule has 0 heterocycles. The lowest BCUT2D eigenvalue weighted by atomic mass is 10.2. The van der Waals surface area contributed by atoms with E-state index in [1.54, 1.807) is 26.3 Å². The Labute approximate surface area is 101 Å². The number of guanidine groups is 1. The zero-order valence-corrected chi connectivity index (χ0v) is 10.2. The van der Waals surface area contributed by atoms with Gasteiger partial charge < -0.3 is 15.4 Å². The molecule has 0 aliphatic heterocycles. The minimum absolute atomic E-state index is 0.226. The highest BCUT2D eigenvalue weighted by Crippen LogP contribution is 2.01. The molecule has 0 bridgehead atoms. The lowest BCUT2D eigenvalue weighted by Crippen LogP contribution is -2.38. The fourth-order valence-corrected chi connectivity index (χ4v) is 1.28. The molecule has 0 saturated carbocycles. The van der Waals surface area contributed by atoms with Crippen molar-refractivity contribution in [3.05, 3.63) is 35.6 Å². The molecule has 1 aromatic rings. The fourth-order valence-electron chi connectivity index (χ4n) is 1.28. The molecule has 0 amide bonds. The average molecular weight is 239 g/mol. The summed E-state index contributed by atoms with van der Waals surface area (Å²) in [6, 6.07) is 6.37. The average Bonchev–Trinajstić information content (AvgIpc) is 2.35. The number of rotatable bonds is 5. The summed E-state index contributed by atoms with van der Waals surface area (Å²) in [5.41, 5.74) is 1.00. The number of benzene rings is 1. The van der Waals surface area contributed by atoms with Crippen LogP contribution in [0.3, 0.4) is 0 Å². The van der Waals surface area contributed by atoms with Gasteiger partial charge in [0.15, 0.2) is 5.96 Å². The van der Waals surface area contributed by atoms with E-state index < -0.39 is 0 Å². The van der Waals surface area contributed by atoms with Crippen LogP contribution < -0.4 is 10.6 Å². The van der Waals surface area contributed by atoms with E-state index in [0.29, 0.717) is 25.7 Å². The van der Waals surface area contributed by atoms with Gasteiger partial charge in [0.2, 0.25) is 0 Å². The minimum Gasteiger partial charge on any atom is -0.383 e. The van der Waals surface area contributed by atoms with Gasteiger partial charge >= 0.3 is 0 Å². The molecule has 5 heteroatoms. The monoisotopic (exact) mass is 239 g/mol. The van der Waals surface area contributed by atoms with Gasteiger partial charge in [0.25, 0.3) is 0 Å². The van der Waals surface area contributed by atoms with Gasteiger partial charge in [0, 0.05) is 27.2 Å². The summed E-state index contributed by atoms with van der Waals surface area (Å²) in [5, 5.41) is 6.22. The van der Waals surface area contributed by atoms with Crippen LogP contribution in [-0.4, -0.2) is 33.3 Å². The summed E-state index contributed by atoms with van der Waals surface area (Å²) in [6.07, 6.45) is 0. The predicted octanol–water partition coefficient (Wildman–Crippen LogP) is 1.14. The van der Waals surface area contributed by atoms with Crippen LogP contribution in [0.2, 0.25) is 0 Å². The molecule has 94 valence electrons. The van der Waals surface area contributed by atoms with Crippen molar-refractivity contribution in [2.75, 3.05) is 27.3 Å². The normalized spacial score (nSPS) is 11.4. The third-order valence-electron chi connectivity index (χ3n) is 2.20. The van der Waals surface area contributed by atoms with E-state index in [4.69, 9.17) is 4.74 Å². The molecule has 17 heavy (non-hydrogen) atoms. The molecular weight excluding hydrogens is 221 g/mol. The highest BCUT2D eigenvalue weighted by molar-refractivity contribution is 5.79. The number of nitrogens with zero attached hydrogens (tertiary/aromatic N) is 1. The largest absolute Gasteiger partial charge is 0.383 e. The van der Waals surface area contributed by atoms with Crippen LogP contribution in [-0.2, 0) is 11.3 Å². The molecule has 0 aliphatic rings.